The van der Waals surface area contributed by atoms with Crippen molar-refractivity contribution in [2.45, 2.75) is 37.0 Å². The highest BCUT2D eigenvalue weighted by atomic mass is 16.7. The number of aliphatic hydroxyl groups is 4. The molecule has 0 aromatic heterocycles. The lowest BCUT2D eigenvalue weighted by Crippen LogP contribution is -2.61. The Kier molecular flexibility index (Phi) is 4.41. The van der Waals surface area contributed by atoms with E-state index in [1.807, 2.05) is 0 Å². The molecule has 1 aliphatic heterocycles. The third-order valence-electron chi connectivity index (χ3n) is 2.41. The summed E-state index contributed by atoms with van der Waals surface area (Å²) in [5.74, 6) is 0. The molecule has 0 aliphatic carbocycles. The molecule has 0 spiro atoms. The average Bonchev–Trinajstić information content (AvgIpc) is 2.19. The molecule has 1 aliphatic rings. The molecule has 0 aromatic carbocycles. The van der Waals surface area contributed by atoms with Crippen LogP contribution in [0.5, 0.6) is 0 Å². The number of hydrogen-bond donors (Lipinski definition) is 4. The van der Waals surface area contributed by atoms with Crippen molar-refractivity contribution >= 4 is 0 Å². The zero-order chi connectivity index (χ0) is 11.6. The first-order valence-electron chi connectivity index (χ1n) is 4.46. The lowest BCUT2D eigenvalue weighted by molar-refractivity contribution is -0.323. The summed E-state index contributed by atoms with van der Waals surface area (Å²) in [6.07, 6.45) is -7.65. The van der Waals surface area contributed by atoms with Crippen LogP contribution in [0.4, 0.5) is 0 Å². The van der Waals surface area contributed by atoms with Gasteiger partial charge < -0.3 is 34.6 Å². The van der Waals surface area contributed by atoms with Crippen LogP contribution in [0.15, 0.2) is 0 Å². The normalized spacial score (nSPS) is 42.2. The fourth-order valence-electron chi connectivity index (χ4n) is 1.63. The number of ether oxygens (including phenoxy) is 3. The van der Waals surface area contributed by atoms with E-state index in [0.717, 1.165) is 0 Å². The smallest absolute Gasteiger partial charge is 0.184 e. The molecule has 15 heavy (non-hydrogen) atoms. The second kappa shape index (κ2) is 5.17. The lowest BCUT2D eigenvalue weighted by atomic mass is 9.98. The minimum Gasteiger partial charge on any atom is -0.387 e. The van der Waals surface area contributed by atoms with Gasteiger partial charge in [0.15, 0.2) is 12.6 Å². The van der Waals surface area contributed by atoms with Gasteiger partial charge in [-0.1, -0.05) is 0 Å². The molecule has 0 bridgehead atoms. The Balaban J connectivity index is 2.79. The third kappa shape index (κ3) is 2.45. The fraction of sp³-hybridized carbons (Fsp3) is 1.00. The summed E-state index contributed by atoms with van der Waals surface area (Å²) in [7, 11) is 2.64. The van der Waals surface area contributed by atoms with Gasteiger partial charge in [-0.3, -0.25) is 0 Å². The SMILES string of the molecule is CO[C@@H]1[C@@H](OC)[C@H](O)[C@@H](C(O)O)O[C@H]1O. The second-order valence-electron chi connectivity index (χ2n) is 3.30. The van der Waals surface area contributed by atoms with E-state index in [-0.39, 0.29) is 0 Å². The van der Waals surface area contributed by atoms with Crippen LogP contribution >= 0.6 is 0 Å². The average molecular weight is 224 g/mol. The van der Waals surface area contributed by atoms with E-state index >= 15 is 0 Å². The second-order valence-corrected chi connectivity index (χ2v) is 3.30. The summed E-state index contributed by atoms with van der Waals surface area (Å²) in [5.41, 5.74) is 0. The Morgan fingerprint density at radius 2 is 1.60 bits per heavy atom. The maximum absolute atomic E-state index is 9.66. The predicted octanol–water partition coefficient (Wildman–Crippen LogP) is -2.59. The van der Waals surface area contributed by atoms with Crippen molar-refractivity contribution < 1.29 is 34.6 Å². The topological polar surface area (TPSA) is 109 Å². The van der Waals surface area contributed by atoms with Gasteiger partial charge >= 0.3 is 0 Å². The van der Waals surface area contributed by atoms with Crippen LogP contribution in [0.2, 0.25) is 0 Å². The van der Waals surface area contributed by atoms with Gasteiger partial charge in [-0.2, -0.15) is 0 Å². The van der Waals surface area contributed by atoms with E-state index in [2.05, 4.69) is 0 Å². The van der Waals surface area contributed by atoms with Crippen molar-refractivity contribution in [1.82, 2.24) is 0 Å². The van der Waals surface area contributed by atoms with E-state index in [1.54, 1.807) is 0 Å². The van der Waals surface area contributed by atoms with Gasteiger partial charge in [-0.05, 0) is 0 Å². The van der Waals surface area contributed by atoms with Crippen LogP contribution in [0.1, 0.15) is 0 Å². The molecule has 7 nitrogen and oxygen atoms in total. The summed E-state index contributed by atoms with van der Waals surface area (Å²) in [6.45, 7) is 0. The molecule has 5 atom stereocenters. The summed E-state index contributed by atoms with van der Waals surface area (Å²) in [5, 5.41) is 36.9. The molecule has 0 saturated carbocycles. The minimum absolute atomic E-state index is 0.875. The highest BCUT2D eigenvalue weighted by Crippen LogP contribution is 2.25. The maximum atomic E-state index is 9.66. The molecule has 90 valence electrons. The Morgan fingerprint density at radius 1 is 1.07 bits per heavy atom. The number of methoxy groups -OCH3 is 2. The lowest BCUT2D eigenvalue weighted by Gasteiger charge is -2.41. The highest BCUT2D eigenvalue weighted by Gasteiger charge is 2.47. The molecule has 1 rings (SSSR count). The fourth-order valence-corrected chi connectivity index (χ4v) is 1.63. The Bertz CT molecular complexity index is 197. The van der Waals surface area contributed by atoms with Gasteiger partial charge in [0.1, 0.15) is 24.4 Å². The molecule has 0 amide bonds. The van der Waals surface area contributed by atoms with Crippen molar-refractivity contribution in [3.63, 3.8) is 0 Å². The minimum atomic E-state index is -1.90. The third-order valence-corrected chi connectivity index (χ3v) is 2.41. The van der Waals surface area contributed by atoms with E-state index in [9.17, 15) is 10.2 Å². The Labute approximate surface area is 86.8 Å². The van der Waals surface area contributed by atoms with Crippen LogP contribution in [-0.2, 0) is 14.2 Å². The monoisotopic (exact) mass is 224 g/mol. The predicted molar refractivity (Wildman–Crippen MR) is 46.7 cm³/mol. The molecular formula is C8H16O7. The van der Waals surface area contributed by atoms with E-state index < -0.39 is 37.0 Å². The summed E-state index contributed by atoms with van der Waals surface area (Å²) in [6, 6.07) is 0. The van der Waals surface area contributed by atoms with Crippen molar-refractivity contribution in [3.05, 3.63) is 0 Å². The quantitative estimate of drug-likeness (QED) is 0.389. The Hall–Kier alpha value is -0.280. The molecule has 7 heteroatoms. The van der Waals surface area contributed by atoms with Crippen LogP contribution < -0.4 is 0 Å². The maximum Gasteiger partial charge on any atom is 0.184 e. The van der Waals surface area contributed by atoms with Gasteiger partial charge in [0.25, 0.3) is 0 Å². The highest BCUT2D eigenvalue weighted by molar-refractivity contribution is 4.91. The largest absolute Gasteiger partial charge is 0.387 e. The molecule has 0 unspecified atom stereocenters. The van der Waals surface area contributed by atoms with Gasteiger partial charge in [0.05, 0.1) is 0 Å². The standard InChI is InChI=1S/C8H16O7/c1-13-4-3(9)5(7(10)11)15-8(12)6(4)14-2/h3-12H,1-2H3/t3-,4-,5-,6+,8+/m0/s1. The van der Waals surface area contributed by atoms with Crippen molar-refractivity contribution in [2.24, 2.45) is 0 Å². The first-order valence-corrected chi connectivity index (χ1v) is 4.46. The van der Waals surface area contributed by atoms with Crippen molar-refractivity contribution in [2.75, 3.05) is 14.2 Å². The van der Waals surface area contributed by atoms with Gasteiger partial charge in [-0.15, -0.1) is 0 Å². The zero-order valence-corrected chi connectivity index (χ0v) is 8.48. The Morgan fingerprint density at radius 3 is 2.00 bits per heavy atom. The first kappa shape index (κ1) is 12.8. The van der Waals surface area contributed by atoms with Crippen molar-refractivity contribution in [1.29, 1.82) is 0 Å². The summed E-state index contributed by atoms with van der Waals surface area (Å²) >= 11 is 0. The van der Waals surface area contributed by atoms with Crippen LogP contribution in [0, 0.1) is 0 Å². The zero-order valence-electron chi connectivity index (χ0n) is 8.48. The van der Waals surface area contributed by atoms with E-state index in [4.69, 9.17) is 24.4 Å². The van der Waals surface area contributed by atoms with Gasteiger partial charge in [0.2, 0.25) is 0 Å². The van der Waals surface area contributed by atoms with Crippen LogP contribution in [0.25, 0.3) is 0 Å². The molecule has 4 N–H and O–H groups in total. The van der Waals surface area contributed by atoms with Crippen LogP contribution in [-0.4, -0.2) is 71.6 Å². The van der Waals surface area contributed by atoms with Gasteiger partial charge in [0, 0.05) is 14.2 Å². The first-order chi connectivity index (χ1) is 7.02. The number of aliphatic hydroxyl groups excluding tert-OH is 3. The molecule has 1 heterocycles. The van der Waals surface area contributed by atoms with E-state index in [1.165, 1.54) is 14.2 Å². The molecule has 0 radical (unpaired) electrons. The van der Waals surface area contributed by atoms with E-state index in [0.29, 0.717) is 0 Å². The number of rotatable bonds is 3. The van der Waals surface area contributed by atoms with Crippen molar-refractivity contribution in [3.8, 4) is 0 Å². The molecule has 1 saturated heterocycles. The van der Waals surface area contributed by atoms with Crippen LogP contribution in [0.3, 0.4) is 0 Å². The molecule has 0 aromatic rings. The summed E-state index contributed by atoms with van der Waals surface area (Å²) < 4.78 is 14.6. The van der Waals surface area contributed by atoms with Gasteiger partial charge in [-0.25, -0.2) is 0 Å². The molecule has 1 fully saturated rings. The molecular weight excluding hydrogens is 208 g/mol. The summed E-state index contributed by atoms with van der Waals surface area (Å²) in [4.78, 5) is 0. The number of hydrogen-bond acceptors (Lipinski definition) is 7.